The monoisotopic (exact) mass is 393 g/mol. The number of benzene rings is 1. The summed E-state index contributed by atoms with van der Waals surface area (Å²) in [7, 11) is 0. The van der Waals surface area contributed by atoms with E-state index in [0.29, 0.717) is 19.0 Å². The van der Waals surface area contributed by atoms with E-state index in [1.165, 1.54) is 5.56 Å². The summed E-state index contributed by atoms with van der Waals surface area (Å²) in [6.07, 6.45) is 1.98. The van der Waals surface area contributed by atoms with Crippen LogP contribution in [0.4, 0.5) is 0 Å². The second-order valence-electron chi connectivity index (χ2n) is 8.55. The number of carbonyl (C=O) groups is 2. The van der Waals surface area contributed by atoms with Gasteiger partial charge in [-0.15, -0.1) is 0 Å². The first kappa shape index (κ1) is 21.0. The van der Waals surface area contributed by atoms with E-state index in [1.54, 1.807) is 11.1 Å². The summed E-state index contributed by atoms with van der Waals surface area (Å²) in [4.78, 5) is 31.4. The lowest BCUT2D eigenvalue weighted by molar-refractivity contribution is -0.129. The zero-order valence-corrected chi connectivity index (χ0v) is 17.8. The minimum absolute atomic E-state index is 0.0122. The number of pyridine rings is 1. The molecule has 1 aromatic heterocycles. The Bertz CT molecular complexity index is 831. The maximum Gasteiger partial charge on any atom is 0.225 e. The fourth-order valence-corrected chi connectivity index (χ4v) is 3.78. The number of nitrogens with one attached hydrogen (secondary N) is 1. The lowest BCUT2D eigenvalue weighted by Gasteiger charge is -2.25. The molecule has 0 spiro atoms. The van der Waals surface area contributed by atoms with E-state index in [9.17, 15) is 9.59 Å². The van der Waals surface area contributed by atoms with Crippen LogP contribution in [0.1, 0.15) is 62.9 Å². The lowest BCUT2D eigenvalue weighted by Crippen LogP contribution is -2.37. The summed E-state index contributed by atoms with van der Waals surface area (Å²) in [5.41, 5.74) is 3.23. The number of hydrogen-bond donors (Lipinski definition) is 1. The highest BCUT2D eigenvalue weighted by atomic mass is 16.2. The van der Waals surface area contributed by atoms with Gasteiger partial charge in [0, 0.05) is 19.2 Å². The van der Waals surface area contributed by atoms with E-state index in [-0.39, 0.29) is 36.1 Å². The van der Waals surface area contributed by atoms with Crippen molar-refractivity contribution in [2.24, 2.45) is 11.8 Å². The summed E-state index contributed by atoms with van der Waals surface area (Å²) < 4.78 is 0. The third-order valence-corrected chi connectivity index (χ3v) is 5.59. The van der Waals surface area contributed by atoms with Gasteiger partial charge in [-0.3, -0.25) is 14.6 Å². The molecule has 3 rings (SSSR count). The average Bonchev–Trinajstić information content (AvgIpc) is 3.07. The molecule has 2 aromatic rings. The van der Waals surface area contributed by atoms with E-state index in [1.807, 2.05) is 18.2 Å². The number of amides is 2. The fraction of sp³-hybridized carbons (Fsp3) is 0.458. The molecule has 1 saturated heterocycles. The quantitative estimate of drug-likeness (QED) is 0.771. The molecule has 5 heteroatoms. The van der Waals surface area contributed by atoms with Gasteiger partial charge in [0.1, 0.15) is 0 Å². The van der Waals surface area contributed by atoms with Crippen molar-refractivity contribution < 1.29 is 9.59 Å². The first-order valence-corrected chi connectivity index (χ1v) is 10.4. The third kappa shape index (κ3) is 5.22. The minimum atomic E-state index is -0.317. The van der Waals surface area contributed by atoms with Crippen molar-refractivity contribution in [3.05, 3.63) is 65.5 Å². The van der Waals surface area contributed by atoms with Crippen LogP contribution in [-0.4, -0.2) is 28.2 Å². The SMILES string of the molecule is CC(C)c1ccc(C(NC(=O)C2CC(=O)N(Cc3ccccn3)C2)C(C)C)cc1. The molecular formula is C24H31N3O2. The van der Waals surface area contributed by atoms with Gasteiger partial charge in [0.05, 0.1) is 24.2 Å². The fourth-order valence-electron chi connectivity index (χ4n) is 3.78. The van der Waals surface area contributed by atoms with Crippen molar-refractivity contribution in [2.75, 3.05) is 6.54 Å². The molecular weight excluding hydrogens is 362 g/mol. The maximum atomic E-state index is 12.9. The number of likely N-dealkylation sites (tertiary alicyclic amines) is 1. The predicted octanol–water partition coefficient (Wildman–Crippen LogP) is 4.07. The van der Waals surface area contributed by atoms with E-state index >= 15 is 0 Å². The van der Waals surface area contributed by atoms with E-state index in [2.05, 4.69) is 62.3 Å². The molecule has 2 unspecified atom stereocenters. The van der Waals surface area contributed by atoms with Crippen LogP contribution in [0.15, 0.2) is 48.7 Å². The molecule has 1 fully saturated rings. The molecule has 1 aliphatic rings. The topological polar surface area (TPSA) is 62.3 Å². The first-order valence-electron chi connectivity index (χ1n) is 10.4. The van der Waals surface area contributed by atoms with Crippen LogP contribution in [-0.2, 0) is 16.1 Å². The van der Waals surface area contributed by atoms with Gasteiger partial charge in [-0.25, -0.2) is 0 Å². The lowest BCUT2D eigenvalue weighted by atomic mass is 9.92. The summed E-state index contributed by atoms with van der Waals surface area (Å²) in [6.45, 7) is 9.45. The Kier molecular flexibility index (Phi) is 6.68. The van der Waals surface area contributed by atoms with Crippen molar-refractivity contribution in [1.82, 2.24) is 15.2 Å². The molecule has 1 aromatic carbocycles. The minimum Gasteiger partial charge on any atom is -0.349 e. The number of rotatable bonds is 7. The molecule has 2 atom stereocenters. The van der Waals surface area contributed by atoms with Gasteiger partial charge >= 0.3 is 0 Å². The predicted molar refractivity (Wildman–Crippen MR) is 114 cm³/mol. The molecule has 1 aliphatic heterocycles. The highest BCUT2D eigenvalue weighted by Gasteiger charge is 2.35. The smallest absolute Gasteiger partial charge is 0.225 e. The number of carbonyl (C=O) groups excluding carboxylic acids is 2. The number of nitrogens with zero attached hydrogens (tertiary/aromatic N) is 2. The van der Waals surface area contributed by atoms with Crippen LogP contribution >= 0.6 is 0 Å². The van der Waals surface area contributed by atoms with Crippen LogP contribution in [0.3, 0.4) is 0 Å². The maximum absolute atomic E-state index is 12.9. The van der Waals surface area contributed by atoms with Crippen LogP contribution in [0.2, 0.25) is 0 Å². The van der Waals surface area contributed by atoms with Gasteiger partial charge in [0.25, 0.3) is 0 Å². The zero-order valence-electron chi connectivity index (χ0n) is 17.8. The van der Waals surface area contributed by atoms with Crippen molar-refractivity contribution in [2.45, 2.75) is 52.6 Å². The number of aromatic nitrogens is 1. The normalized spacial score (nSPS) is 17.8. The Morgan fingerprint density at radius 1 is 1.10 bits per heavy atom. The van der Waals surface area contributed by atoms with Gasteiger partial charge < -0.3 is 10.2 Å². The van der Waals surface area contributed by atoms with Crippen LogP contribution in [0.5, 0.6) is 0 Å². The molecule has 2 heterocycles. The first-order chi connectivity index (χ1) is 13.8. The van der Waals surface area contributed by atoms with Gasteiger partial charge in [0.15, 0.2) is 0 Å². The van der Waals surface area contributed by atoms with Gasteiger partial charge in [-0.2, -0.15) is 0 Å². The largest absolute Gasteiger partial charge is 0.349 e. The molecule has 2 amide bonds. The van der Waals surface area contributed by atoms with Crippen molar-refractivity contribution in [1.29, 1.82) is 0 Å². The summed E-state index contributed by atoms with van der Waals surface area (Å²) >= 11 is 0. The van der Waals surface area contributed by atoms with Gasteiger partial charge in [0.2, 0.25) is 11.8 Å². The second kappa shape index (κ2) is 9.21. The average molecular weight is 394 g/mol. The molecule has 154 valence electrons. The third-order valence-electron chi connectivity index (χ3n) is 5.59. The van der Waals surface area contributed by atoms with Crippen molar-refractivity contribution >= 4 is 11.8 Å². The van der Waals surface area contributed by atoms with Crippen LogP contribution in [0, 0.1) is 11.8 Å². The zero-order chi connectivity index (χ0) is 21.0. The Balaban J connectivity index is 1.65. The second-order valence-corrected chi connectivity index (χ2v) is 8.55. The molecule has 0 radical (unpaired) electrons. The molecule has 29 heavy (non-hydrogen) atoms. The highest BCUT2D eigenvalue weighted by Crippen LogP contribution is 2.26. The Morgan fingerprint density at radius 2 is 1.79 bits per heavy atom. The molecule has 1 N–H and O–H groups in total. The van der Waals surface area contributed by atoms with E-state index in [0.717, 1.165) is 11.3 Å². The van der Waals surface area contributed by atoms with Crippen LogP contribution in [0.25, 0.3) is 0 Å². The summed E-state index contributed by atoms with van der Waals surface area (Å²) in [5.74, 6) is 0.380. The Labute approximate surface area is 173 Å². The van der Waals surface area contributed by atoms with Crippen molar-refractivity contribution in [3.8, 4) is 0 Å². The summed E-state index contributed by atoms with van der Waals surface area (Å²) in [5, 5.41) is 3.19. The molecule has 0 bridgehead atoms. The molecule has 0 saturated carbocycles. The van der Waals surface area contributed by atoms with Gasteiger partial charge in [-0.1, -0.05) is 58.0 Å². The Morgan fingerprint density at radius 3 is 2.38 bits per heavy atom. The highest BCUT2D eigenvalue weighted by molar-refractivity contribution is 5.89. The van der Waals surface area contributed by atoms with Gasteiger partial charge in [-0.05, 0) is 35.1 Å². The van der Waals surface area contributed by atoms with E-state index < -0.39 is 0 Å². The molecule has 0 aliphatic carbocycles. The Hall–Kier alpha value is -2.69. The van der Waals surface area contributed by atoms with Crippen LogP contribution < -0.4 is 5.32 Å². The van der Waals surface area contributed by atoms with E-state index in [4.69, 9.17) is 0 Å². The molecule has 5 nitrogen and oxygen atoms in total. The van der Waals surface area contributed by atoms with Crippen molar-refractivity contribution in [3.63, 3.8) is 0 Å². The summed E-state index contributed by atoms with van der Waals surface area (Å²) in [6, 6.07) is 14.1. The standard InChI is InChI=1S/C24H31N3O2/c1-16(2)18-8-10-19(11-9-18)23(17(3)4)26-24(29)20-13-22(28)27(14-20)15-21-7-5-6-12-25-21/h5-12,16-17,20,23H,13-15H2,1-4H3,(H,26,29). The number of hydrogen-bond acceptors (Lipinski definition) is 3.